The number of pyridine rings is 1. The van der Waals surface area contributed by atoms with Crippen molar-refractivity contribution in [2.45, 2.75) is 11.8 Å². The van der Waals surface area contributed by atoms with E-state index in [1.807, 2.05) is 0 Å². The van der Waals surface area contributed by atoms with Gasteiger partial charge in [-0.05, 0) is 37.3 Å². The number of hydrogen-bond donors (Lipinski definition) is 0. The number of benzene rings is 2. The zero-order valence-electron chi connectivity index (χ0n) is 17.9. The average molecular weight is 482 g/mol. The van der Waals surface area contributed by atoms with Crippen LogP contribution in [0.25, 0.3) is 10.9 Å². The van der Waals surface area contributed by atoms with Crippen LogP contribution in [0.4, 0.5) is 11.4 Å². The van der Waals surface area contributed by atoms with E-state index in [1.165, 1.54) is 46.8 Å². The van der Waals surface area contributed by atoms with Crippen LogP contribution in [0.15, 0.2) is 47.4 Å². The van der Waals surface area contributed by atoms with E-state index in [-0.39, 0.29) is 45.9 Å². The Kier molecular flexibility index (Phi) is 5.15. The predicted molar refractivity (Wildman–Crippen MR) is 120 cm³/mol. The molecular formula is C22H18N4O7S. The quantitative estimate of drug-likeness (QED) is 0.313. The van der Waals surface area contributed by atoms with Crippen LogP contribution < -0.4 is 4.90 Å². The van der Waals surface area contributed by atoms with Gasteiger partial charge in [0.25, 0.3) is 17.5 Å². The molecule has 2 aliphatic rings. The summed E-state index contributed by atoms with van der Waals surface area (Å²) in [4.78, 5) is 42.3. The number of imide groups is 1. The van der Waals surface area contributed by atoms with Crippen molar-refractivity contribution in [2.75, 3.05) is 31.2 Å². The number of aryl methyl sites for hydroxylation is 1. The van der Waals surface area contributed by atoms with Crippen molar-refractivity contribution in [2.24, 2.45) is 0 Å². The highest BCUT2D eigenvalue weighted by Crippen LogP contribution is 2.36. The highest BCUT2D eigenvalue weighted by atomic mass is 32.2. The first-order chi connectivity index (χ1) is 16.2. The normalized spacial score (nSPS) is 16.8. The number of amides is 2. The Morgan fingerprint density at radius 2 is 1.65 bits per heavy atom. The van der Waals surface area contributed by atoms with Crippen LogP contribution in [0, 0.1) is 17.0 Å². The average Bonchev–Trinajstić information content (AvgIpc) is 3.10. The number of aromatic nitrogens is 1. The van der Waals surface area contributed by atoms with Crippen LogP contribution in [0.3, 0.4) is 0 Å². The molecule has 12 heteroatoms. The molecule has 0 radical (unpaired) electrons. The third-order valence-electron chi connectivity index (χ3n) is 5.90. The number of non-ortho nitro benzene ring substituents is 1. The van der Waals surface area contributed by atoms with E-state index in [1.54, 1.807) is 6.92 Å². The first-order valence-electron chi connectivity index (χ1n) is 10.4. The van der Waals surface area contributed by atoms with Gasteiger partial charge >= 0.3 is 0 Å². The van der Waals surface area contributed by atoms with Crippen LogP contribution in [-0.2, 0) is 14.8 Å². The van der Waals surface area contributed by atoms with Gasteiger partial charge in [-0.3, -0.25) is 24.7 Å². The fourth-order valence-electron chi connectivity index (χ4n) is 4.22. The molecule has 3 aromatic rings. The van der Waals surface area contributed by atoms with Crippen LogP contribution in [0.5, 0.6) is 0 Å². The monoisotopic (exact) mass is 482 g/mol. The number of rotatable bonds is 4. The van der Waals surface area contributed by atoms with E-state index >= 15 is 0 Å². The molecule has 0 saturated carbocycles. The number of ether oxygens (including phenoxy) is 1. The third-order valence-corrected chi connectivity index (χ3v) is 7.79. The second-order valence-electron chi connectivity index (χ2n) is 7.86. The number of morpholine rings is 1. The Labute approximate surface area is 193 Å². The number of fused-ring (bicyclic) bond motifs is 3. The third kappa shape index (κ3) is 3.34. The van der Waals surface area contributed by atoms with Gasteiger partial charge in [0.1, 0.15) is 0 Å². The molecule has 11 nitrogen and oxygen atoms in total. The number of carbonyl (C=O) groups is 2. The molecule has 174 valence electrons. The standard InChI is InChI=1S/C22H18N4O7S/c1-13-19-20(22(28)25(21(19)27)14-2-4-15(5-3-14)26(29)30)17-12-16(6-7-18(17)23-13)34(31,32)24-8-10-33-11-9-24/h2-7,12H,8-11H2,1H3. The van der Waals surface area contributed by atoms with Crippen molar-refractivity contribution in [1.82, 2.24) is 9.29 Å². The molecule has 0 atom stereocenters. The van der Waals surface area contributed by atoms with Gasteiger partial charge in [-0.15, -0.1) is 0 Å². The molecule has 2 aromatic carbocycles. The Morgan fingerprint density at radius 3 is 2.29 bits per heavy atom. The van der Waals surface area contributed by atoms with Crippen LogP contribution in [-0.4, -0.2) is 60.7 Å². The summed E-state index contributed by atoms with van der Waals surface area (Å²) < 4.78 is 32.8. The van der Waals surface area contributed by atoms with E-state index in [0.29, 0.717) is 24.4 Å². The lowest BCUT2D eigenvalue weighted by atomic mass is 10.0. The van der Waals surface area contributed by atoms with E-state index in [4.69, 9.17) is 4.74 Å². The van der Waals surface area contributed by atoms with Crippen molar-refractivity contribution >= 4 is 44.1 Å². The summed E-state index contributed by atoms with van der Waals surface area (Å²) in [6.45, 7) is 2.62. The number of hydrogen-bond acceptors (Lipinski definition) is 8. The molecule has 1 aromatic heterocycles. The minimum absolute atomic E-state index is 0.0104. The van der Waals surface area contributed by atoms with Crippen molar-refractivity contribution in [3.8, 4) is 0 Å². The van der Waals surface area contributed by atoms with Gasteiger partial charge in [-0.1, -0.05) is 0 Å². The Balaban J connectivity index is 1.63. The van der Waals surface area contributed by atoms with Crippen LogP contribution >= 0.6 is 0 Å². The Morgan fingerprint density at radius 1 is 1.00 bits per heavy atom. The molecule has 0 N–H and O–H groups in total. The van der Waals surface area contributed by atoms with Crippen molar-refractivity contribution in [1.29, 1.82) is 0 Å². The van der Waals surface area contributed by atoms with Crippen molar-refractivity contribution in [3.05, 3.63) is 69.4 Å². The summed E-state index contributed by atoms with van der Waals surface area (Å²) in [7, 11) is -3.84. The zero-order chi connectivity index (χ0) is 24.2. The maximum atomic E-state index is 13.4. The second-order valence-corrected chi connectivity index (χ2v) is 9.80. The summed E-state index contributed by atoms with van der Waals surface area (Å²) in [5, 5.41) is 11.2. The molecule has 1 saturated heterocycles. The van der Waals surface area contributed by atoms with E-state index < -0.39 is 26.8 Å². The van der Waals surface area contributed by atoms with Gasteiger partial charge < -0.3 is 4.74 Å². The van der Waals surface area contributed by atoms with Gasteiger partial charge in [0.15, 0.2) is 0 Å². The molecule has 1 fully saturated rings. The Hall–Kier alpha value is -3.74. The number of anilines is 1. The molecule has 0 spiro atoms. The van der Waals surface area contributed by atoms with Gasteiger partial charge in [0, 0.05) is 30.6 Å². The molecule has 2 aliphatic heterocycles. The molecule has 3 heterocycles. The lowest BCUT2D eigenvalue weighted by Crippen LogP contribution is -2.40. The lowest BCUT2D eigenvalue weighted by molar-refractivity contribution is -0.384. The fourth-order valence-corrected chi connectivity index (χ4v) is 5.65. The minimum Gasteiger partial charge on any atom is -0.379 e. The minimum atomic E-state index is -3.84. The van der Waals surface area contributed by atoms with Crippen molar-refractivity contribution in [3.63, 3.8) is 0 Å². The van der Waals surface area contributed by atoms with Gasteiger partial charge in [-0.25, -0.2) is 13.3 Å². The fraction of sp³-hybridized carbons (Fsp3) is 0.227. The number of sulfonamides is 1. The number of nitro groups is 1. The molecule has 2 amide bonds. The maximum absolute atomic E-state index is 13.4. The van der Waals surface area contributed by atoms with E-state index in [2.05, 4.69) is 4.98 Å². The first kappa shape index (κ1) is 22.1. The van der Waals surface area contributed by atoms with E-state index in [0.717, 1.165) is 4.90 Å². The zero-order valence-corrected chi connectivity index (χ0v) is 18.7. The summed E-state index contributed by atoms with van der Waals surface area (Å²) >= 11 is 0. The molecule has 5 rings (SSSR count). The molecular weight excluding hydrogens is 464 g/mol. The van der Waals surface area contributed by atoms with Gasteiger partial charge in [0.2, 0.25) is 10.0 Å². The summed E-state index contributed by atoms with van der Waals surface area (Å²) in [6.07, 6.45) is 0. The second kappa shape index (κ2) is 7.94. The maximum Gasteiger partial charge on any atom is 0.269 e. The molecule has 34 heavy (non-hydrogen) atoms. The van der Waals surface area contributed by atoms with Crippen LogP contribution in [0.1, 0.15) is 26.4 Å². The topological polar surface area (TPSA) is 140 Å². The predicted octanol–water partition coefficient (Wildman–Crippen LogP) is 2.27. The highest BCUT2D eigenvalue weighted by Gasteiger charge is 2.40. The summed E-state index contributed by atoms with van der Waals surface area (Å²) in [5.74, 6) is -1.27. The van der Waals surface area contributed by atoms with Gasteiger partial charge in [-0.2, -0.15) is 4.31 Å². The van der Waals surface area contributed by atoms with Crippen molar-refractivity contribution < 1.29 is 27.7 Å². The highest BCUT2D eigenvalue weighted by molar-refractivity contribution is 7.89. The molecule has 0 bridgehead atoms. The lowest BCUT2D eigenvalue weighted by Gasteiger charge is -2.26. The summed E-state index contributed by atoms with van der Waals surface area (Å²) in [6, 6.07) is 9.36. The molecule has 0 unspecified atom stereocenters. The van der Waals surface area contributed by atoms with E-state index in [9.17, 15) is 28.1 Å². The number of nitrogens with zero attached hydrogens (tertiary/aromatic N) is 4. The van der Waals surface area contributed by atoms with Gasteiger partial charge in [0.05, 0.1) is 51.1 Å². The smallest absolute Gasteiger partial charge is 0.269 e. The van der Waals surface area contributed by atoms with Crippen LogP contribution in [0.2, 0.25) is 0 Å². The SMILES string of the molecule is Cc1nc2ccc(S(=O)(=O)N3CCOCC3)cc2c2c1C(=O)N(c1ccc([N+](=O)[O-])cc1)C2=O. The number of carbonyl (C=O) groups excluding carboxylic acids is 2. The summed E-state index contributed by atoms with van der Waals surface area (Å²) in [5.41, 5.74) is 0.836. The molecule has 0 aliphatic carbocycles. The first-order valence-corrected chi connectivity index (χ1v) is 11.8. The number of nitro benzene ring substituents is 1. The largest absolute Gasteiger partial charge is 0.379 e. The Bertz CT molecular complexity index is 1480.